The van der Waals surface area contributed by atoms with E-state index >= 15 is 0 Å². The fraction of sp³-hybridized carbons (Fsp3) is 0.185. The maximum absolute atomic E-state index is 14.2. The molecule has 10 heteroatoms. The van der Waals surface area contributed by atoms with Gasteiger partial charge in [-0.15, -0.1) is 0 Å². The molecule has 0 aliphatic carbocycles. The summed E-state index contributed by atoms with van der Waals surface area (Å²) < 4.78 is 27.5. The minimum Gasteiger partial charge on any atom is -0.348 e. The molecule has 1 N–H and O–H groups in total. The van der Waals surface area contributed by atoms with Crippen molar-refractivity contribution in [2.75, 3.05) is 36.4 Å². The zero-order valence-electron chi connectivity index (χ0n) is 19.8. The first-order valence-electron chi connectivity index (χ1n) is 11.8. The molecule has 0 amide bonds. The van der Waals surface area contributed by atoms with Gasteiger partial charge in [-0.1, -0.05) is 60.7 Å². The zero-order chi connectivity index (χ0) is 25.8. The number of halogens is 2. The van der Waals surface area contributed by atoms with E-state index in [1.54, 1.807) is 0 Å². The Morgan fingerprint density at radius 2 is 1.49 bits per heavy atom. The van der Waals surface area contributed by atoms with E-state index < -0.39 is 16.6 Å². The third-order valence-electron chi connectivity index (χ3n) is 6.38. The Hall–Kier alpha value is -4.44. The van der Waals surface area contributed by atoms with Gasteiger partial charge in [0.25, 0.3) is 0 Å². The van der Waals surface area contributed by atoms with Gasteiger partial charge in [0.1, 0.15) is 18.0 Å². The average molecular weight is 503 g/mol. The molecule has 1 saturated heterocycles. The molecule has 1 aliphatic rings. The van der Waals surface area contributed by atoms with E-state index in [0.29, 0.717) is 32.2 Å². The highest BCUT2D eigenvalue weighted by Gasteiger charge is 2.32. The van der Waals surface area contributed by atoms with Crippen molar-refractivity contribution < 1.29 is 13.7 Å². The number of rotatable bonds is 7. The number of anilines is 3. The lowest BCUT2D eigenvalue weighted by molar-refractivity contribution is -0.383. The Bertz CT molecular complexity index is 1340. The molecule has 1 aromatic heterocycles. The SMILES string of the molecule is O=[N+]([O-])c1c(Nc2ccc(F)cc2F)ncnc1N1CCN(C(c2ccccc2)c2ccccc2)CC1. The van der Waals surface area contributed by atoms with Gasteiger partial charge in [0, 0.05) is 32.2 Å². The van der Waals surface area contributed by atoms with E-state index in [9.17, 15) is 18.9 Å². The van der Waals surface area contributed by atoms with E-state index in [4.69, 9.17) is 0 Å². The van der Waals surface area contributed by atoms with Gasteiger partial charge in [-0.2, -0.15) is 0 Å². The van der Waals surface area contributed by atoms with Crippen molar-refractivity contribution >= 4 is 23.0 Å². The van der Waals surface area contributed by atoms with Crippen molar-refractivity contribution in [2.45, 2.75) is 6.04 Å². The van der Waals surface area contributed by atoms with Crippen molar-refractivity contribution in [3.63, 3.8) is 0 Å². The Kier molecular flexibility index (Phi) is 7.00. The summed E-state index contributed by atoms with van der Waals surface area (Å²) in [6.07, 6.45) is 1.20. The van der Waals surface area contributed by atoms with Crippen molar-refractivity contribution in [3.8, 4) is 0 Å². The number of piperazine rings is 1. The average Bonchev–Trinajstić information content (AvgIpc) is 2.92. The molecule has 0 unspecified atom stereocenters. The Labute approximate surface area is 212 Å². The van der Waals surface area contributed by atoms with E-state index in [1.807, 2.05) is 41.3 Å². The molecule has 3 aromatic carbocycles. The molecule has 5 rings (SSSR count). The lowest BCUT2D eigenvalue weighted by atomic mass is 9.96. The minimum atomic E-state index is -0.879. The lowest BCUT2D eigenvalue weighted by Crippen LogP contribution is -2.48. The van der Waals surface area contributed by atoms with Gasteiger partial charge in [0.15, 0.2) is 0 Å². The molecule has 188 valence electrons. The summed E-state index contributed by atoms with van der Waals surface area (Å²) in [6, 6.07) is 23.4. The quantitative estimate of drug-likeness (QED) is 0.270. The summed E-state index contributed by atoms with van der Waals surface area (Å²) in [7, 11) is 0. The van der Waals surface area contributed by atoms with Gasteiger partial charge >= 0.3 is 5.69 Å². The van der Waals surface area contributed by atoms with E-state index in [1.165, 1.54) is 23.5 Å². The van der Waals surface area contributed by atoms with E-state index in [2.05, 4.69) is 44.5 Å². The van der Waals surface area contributed by atoms with E-state index in [-0.39, 0.29) is 29.1 Å². The summed E-state index contributed by atoms with van der Waals surface area (Å²) in [6.45, 7) is 2.28. The topological polar surface area (TPSA) is 87.4 Å². The van der Waals surface area contributed by atoms with Crippen LogP contribution in [0.5, 0.6) is 0 Å². The van der Waals surface area contributed by atoms with Gasteiger partial charge < -0.3 is 10.2 Å². The smallest absolute Gasteiger partial charge is 0.348 e. The molecule has 37 heavy (non-hydrogen) atoms. The standard InChI is InChI=1S/C27H24F2N6O2/c28-21-11-12-23(22(29)17-21)32-26-25(35(36)37)27(31-18-30-26)34-15-13-33(14-16-34)24(19-7-3-1-4-8-19)20-9-5-2-6-10-20/h1-12,17-18,24H,13-16H2,(H,30,31,32). The van der Waals surface area contributed by atoms with Crippen LogP contribution in [0.2, 0.25) is 0 Å². The third-order valence-corrected chi connectivity index (χ3v) is 6.38. The monoisotopic (exact) mass is 502 g/mol. The molecule has 1 aliphatic heterocycles. The number of aromatic nitrogens is 2. The van der Waals surface area contributed by atoms with Crippen LogP contribution >= 0.6 is 0 Å². The molecule has 0 bridgehead atoms. The van der Waals surface area contributed by atoms with Crippen LogP contribution in [0.1, 0.15) is 17.2 Å². The Morgan fingerprint density at radius 3 is 2.05 bits per heavy atom. The Morgan fingerprint density at radius 1 is 0.865 bits per heavy atom. The van der Waals surface area contributed by atoms with Crippen LogP contribution < -0.4 is 10.2 Å². The van der Waals surface area contributed by atoms with Crippen LogP contribution in [0.3, 0.4) is 0 Å². The number of nitrogens with one attached hydrogen (secondary N) is 1. The van der Waals surface area contributed by atoms with Crippen molar-refractivity contribution in [2.24, 2.45) is 0 Å². The highest BCUT2D eigenvalue weighted by Crippen LogP contribution is 2.36. The number of nitro groups is 1. The molecule has 8 nitrogen and oxygen atoms in total. The highest BCUT2D eigenvalue weighted by molar-refractivity contribution is 5.74. The number of hydrogen-bond acceptors (Lipinski definition) is 7. The van der Waals surface area contributed by atoms with Gasteiger partial charge in [0.05, 0.1) is 16.7 Å². The molecule has 0 spiro atoms. The third kappa shape index (κ3) is 5.24. The number of hydrogen-bond donors (Lipinski definition) is 1. The van der Waals surface area contributed by atoms with Gasteiger partial charge in [-0.3, -0.25) is 15.0 Å². The van der Waals surface area contributed by atoms with Crippen molar-refractivity contribution in [1.29, 1.82) is 0 Å². The summed E-state index contributed by atoms with van der Waals surface area (Å²) >= 11 is 0. The predicted molar refractivity (Wildman–Crippen MR) is 137 cm³/mol. The molecule has 2 heterocycles. The van der Waals surface area contributed by atoms with Crippen LogP contribution in [-0.4, -0.2) is 46.0 Å². The van der Waals surface area contributed by atoms with Crippen LogP contribution in [-0.2, 0) is 0 Å². The van der Waals surface area contributed by atoms with Gasteiger partial charge in [0.2, 0.25) is 11.6 Å². The minimum absolute atomic E-state index is 0.0450. The Balaban J connectivity index is 1.40. The molecule has 0 saturated carbocycles. The highest BCUT2D eigenvalue weighted by atomic mass is 19.1. The molecule has 4 aromatic rings. The van der Waals surface area contributed by atoms with Crippen LogP contribution in [0.4, 0.5) is 31.8 Å². The predicted octanol–water partition coefficient (Wildman–Crippen LogP) is 5.32. The molecule has 0 radical (unpaired) electrons. The van der Waals surface area contributed by atoms with Gasteiger partial charge in [-0.05, 0) is 23.3 Å². The van der Waals surface area contributed by atoms with Crippen LogP contribution in [0.15, 0.2) is 85.2 Å². The van der Waals surface area contributed by atoms with Crippen molar-refractivity contribution in [1.82, 2.24) is 14.9 Å². The first-order chi connectivity index (χ1) is 18.0. The normalized spacial score (nSPS) is 14.1. The summed E-state index contributed by atoms with van der Waals surface area (Å²) in [4.78, 5) is 23.8. The van der Waals surface area contributed by atoms with Crippen LogP contribution in [0, 0.1) is 21.7 Å². The zero-order valence-corrected chi connectivity index (χ0v) is 19.8. The molecule has 1 fully saturated rings. The maximum Gasteiger partial charge on any atom is 0.353 e. The van der Waals surface area contributed by atoms with Crippen LogP contribution in [0.25, 0.3) is 0 Å². The molecular weight excluding hydrogens is 478 g/mol. The summed E-state index contributed by atoms with van der Waals surface area (Å²) in [5, 5.41) is 14.7. The number of benzene rings is 3. The second-order valence-corrected chi connectivity index (χ2v) is 8.65. The largest absolute Gasteiger partial charge is 0.353 e. The fourth-order valence-electron chi connectivity index (χ4n) is 4.66. The summed E-state index contributed by atoms with van der Waals surface area (Å²) in [5.41, 5.74) is 1.86. The fourth-order valence-corrected chi connectivity index (χ4v) is 4.66. The van der Waals surface area contributed by atoms with Crippen molar-refractivity contribution in [3.05, 3.63) is 118 Å². The first-order valence-corrected chi connectivity index (χ1v) is 11.8. The molecular formula is C27H24F2N6O2. The number of nitrogens with zero attached hydrogens (tertiary/aromatic N) is 5. The van der Waals surface area contributed by atoms with Gasteiger partial charge in [-0.25, -0.2) is 18.7 Å². The lowest BCUT2D eigenvalue weighted by Gasteiger charge is -2.40. The molecule has 0 atom stereocenters. The maximum atomic E-state index is 14.2. The second-order valence-electron chi connectivity index (χ2n) is 8.65. The van der Waals surface area contributed by atoms with E-state index in [0.717, 1.165) is 6.07 Å². The first kappa shape index (κ1) is 24.3. The summed E-state index contributed by atoms with van der Waals surface area (Å²) in [5.74, 6) is -1.63. The second kappa shape index (κ2) is 10.7.